The fraction of sp³-hybridized carbons (Fsp3) is 0.250. The van der Waals surface area contributed by atoms with E-state index < -0.39 is 11.2 Å². The molecule has 0 unspecified atom stereocenters. The molecule has 3 aromatic carbocycles. The van der Waals surface area contributed by atoms with Gasteiger partial charge in [-0.15, -0.1) is 0 Å². The Bertz CT molecular complexity index is 1110. The van der Waals surface area contributed by atoms with Crippen LogP contribution in [-0.2, 0) is 24.6 Å². The van der Waals surface area contributed by atoms with Gasteiger partial charge in [-0.2, -0.15) is 0 Å². The molecule has 0 radical (unpaired) electrons. The molecule has 0 spiro atoms. The monoisotopic (exact) mass is 680 g/mol. The van der Waals surface area contributed by atoms with Gasteiger partial charge in [0.25, 0.3) is 0 Å². The quantitative estimate of drug-likeness (QED) is 0.144. The number of benzene rings is 3. The minimum absolute atomic E-state index is 0.165. The summed E-state index contributed by atoms with van der Waals surface area (Å²) in [5.74, 6) is 0. The second kappa shape index (κ2) is 11.0. The topological polar surface area (TPSA) is 44.8 Å². The maximum Gasteiger partial charge on any atom is 0.151 e. The minimum Gasteiger partial charge on any atom is -0.352 e. The van der Waals surface area contributed by atoms with Gasteiger partial charge in [0.05, 0.1) is 8.19 Å². The largest absolute Gasteiger partial charge is 0.352 e. The molecule has 0 aliphatic carbocycles. The van der Waals surface area contributed by atoms with Crippen LogP contribution in [0.3, 0.4) is 0 Å². The summed E-state index contributed by atoms with van der Waals surface area (Å²) in [5.41, 5.74) is 2.79. The van der Waals surface area contributed by atoms with Gasteiger partial charge in [0.1, 0.15) is 24.1 Å². The molecule has 4 rings (SSSR count). The molecule has 176 valence electrons. The molecule has 0 saturated carbocycles. The summed E-state index contributed by atoms with van der Waals surface area (Å²) in [6, 6.07) is 26.5. The Kier molecular flexibility index (Phi) is 8.24. The number of carbonyl (C=O) groups excluding carboxylic acids is 1. The van der Waals surface area contributed by atoms with Crippen LogP contribution in [0.15, 0.2) is 80.4 Å². The van der Waals surface area contributed by atoms with Crippen molar-refractivity contribution in [2.75, 3.05) is 13.4 Å². The second-order valence-electron chi connectivity index (χ2n) is 8.70. The summed E-state index contributed by atoms with van der Waals surface area (Å²) >= 11 is 4.61. The number of carbonyl (C=O) groups is 1. The minimum atomic E-state index is -1.04. The highest BCUT2D eigenvalue weighted by atomic mass is 127. The van der Waals surface area contributed by atoms with E-state index in [0.717, 1.165) is 35.7 Å². The van der Waals surface area contributed by atoms with Gasteiger partial charge in [-0.05, 0) is 111 Å². The highest BCUT2D eigenvalue weighted by Crippen LogP contribution is 2.44. The van der Waals surface area contributed by atoms with Gasteiger partial charge < -0.3 is 19.0 Å². The summed E-state index contributed by atoms with van der Waals surface area (Å²) in [5, 5.41) is 0. The zero-order valence-corrected chi connectivity index (χ0v) is 23.4. The third-order valence-electron chi connectivity index (χ3n) is 5.71. The van der Waals surface area contributed by atoms with Gasteiger partial charge in [-0.25, -0.2) is 0 Å². The Morgan fingerprint density at radius 1 is 0.941 bits per heavy atom. The van der Waals surface area contributed by atoms with E-state index in [4.69, 9.17) is 14.2 Å². The molecule has 0 bridgehead atoms. The third-order valence-corrected chi connectivity index (χ3v) is 6.34. The summed E-state index contributed by atoms with van der Waals surface area (Å²) < 4.78 is 19.3. The van der Waals surface area contributed by atoms with E-state index in [9.17, 15) is 4.79 Å². The van der Waals surface area contributed by atoms with E-state index in [1.165, 1.54) is 0 Å². The highest BCUT2D eigenvalue weighted by molar-refractivity contribution is 14.2. The SMILES string of the molecule is CC(C)(C=O)OC(c1ccccc1)(c1ccccc1)c1cc(C=C(I)I)cc([C@H]2COCO2)c1. The third kappa shape index (κ3) is 5.62. The maximum atomic E-state index is 12.1. The van der Waals surface area contributed by atoms with Crippen molar-refractivity contribution in [3.05, 3.63) is 108 Å². The van der Waals surface area contributed by atoms with Gasteiger partial charge in [0, 0.05) is 0 Å². The van der Waals surface area contributed by atoms with E-state index in [1.54, 1.807) is 13.8 Å². The molecule has 1 saturated heterocycles. The van der Waals surface area contributed by atoms with Crippen molar-refractivity contribution in [3.63, 3.8) is 0 Å². The summed E-state index contributed by atoms with van der Waals surface area (Å²) in [6.07, 6.45) is 2.82. The van der Waals surface area contributed by atoms with Crippen molar-refractivity contribution >= 4 is 57.5 Å². The first-order valence-corrected chi connectivity index (χ1v) is 13.1. The first-order chi connectivity index (χ1) is 16.3. The Balaban J connectivity index is 2.06. The molecular formula is C28H26I2O4. The normalized spacial score (nSPS) is 16.3. The lowest BCUT2D eigenvalue weighted by molar-refractivity contribution is -0.141. The number of rotatable bonds is 8. The van der Waals surface area contributed by atoms with Crippen molar-refractivity contribution in [1.82, 2.24) is 0 Å². The highest BCUT2D eigenvalue weighted by Gasteiger charge is 2.43. The number of aldehydes is 1. The summed E-state index contributed by atoms with van der Waals surface area (Å²) in [4.78, 5) is 12.1. The van der Waals surface area contributed by atoms with Crippen LogP contribution in [0.5, 0.6) is 0 Å². The van der Waals surface area contributed by atoms with Gasteiger partial charge in [-0.3, -0.25) is 0 Å². The molecule has 1 aliphatic heterocycles. The molecule has 3 aromatic rings. The van der Waals surface area contributed by atoms with Crippen molar-refractivity contribution in [2.24, 2.45) is 0 Å². The van der Waals surface area contributed by atoms with Crippen molar-refractivity contribution in [2.45, 2.75) is 31.2 Å². The van der Waals surface area contributed by atoms with Gasteiger partial charge in [0.2, 0.25) is 0 Å². The van der Waals surface area contributed by atoms with Crippen LogP contribution in [0.2, 0.25) is 0 Å². The van der Waals surface area contributed by atoms with Gasteiger partial charge >= 0.3 is 0 Å². The van der Waals surface area contributed by atoms with E-state index >= 15 is 0 Å². The van der Waals surface area contributed by atoms with E-state index in [1.807, 2.05) is 60.7 Å². The van der Waals surface area contributed by atoms with Crippen LogP contribution in [-0.4, -0.2) is 25.3 Å². The lowest BCUT2D eigenvalue weighted by Crippen LogP contribution is -2.42. The predicted molar refractivity (Wildman–Crippen MR) is 151 cm³/mol. The predicted octanol–water partition coefficient (Wildman–Crippen LogP) is 7.19. The molecular weight excluding hydrogens is 654 g/mol. The molecule has 0 aromatic heterocycles. The Morgan fingerprint density at radius 2 is 1.56 bits per heavy atom. The number of halogens is 2. The van der Waals surface area contributed by atoms with Crippen LogP contribution in [0, 0.1) is 0 Å². The molecule has 1 fully saturated rings. The van der Waals surface area contributed by atoms with Crippen LogP contribution < -0.4 is 0 Å². The second-order valence-corrected chi connectivity index (χ2v) is 13.1. The zero-order chi connectivity index (χ0) is 24.2. The lowest BCUT2D eigenvalue weighted by Gasteiger charge is -2.41. The Labute approximate surface area is 228 Å². The van der Waals surface area contributed by atoms with Gasteiger partial charge in [-0.1, -0.05) is 60.7 Å². The van der Waals surface area contributed by atoms with Gasteiger partial charge in [0.15, 0.2) is 6.29 Å². The van der Waals surface area contributed by atoms with E-state index in [2.05, 4.69) is 69.5 Å². The van der Waals surface area contributed by atoms with E-state index in [-0.39, 0.29) is 12.9 Å². The van der Waals surface area contributed by atoms with Crippen LogP contribution in [0.25, 0.3) is 6.08 Å². The molecule has 1 heterocycles. The standard InChI is InChI=1S/C28H26I2O4/c1-27(2,18-31)34-28(22-9-5-3-6-10-22,23-11-7-4-8-12-23)24-14-20(15-26(29)30)13-21(16-24)25-17-32-19-33-25/h3-16,18,25H,17,19H2,1-2H3/t25-/m1/s1. The molecule has 34 heavy (non-hydrogen) atoms. The van der Waals surface area contributed by atoms with Crippen molar-refractivity contribution in [1.29, 1.82) is 0 Å². The molecule has 1 atom stereocenters. The summed E-state index contributed by atoms with van der Waals surface area (Å²) in [6.45, 7) is 4.37. The van der Waals surface area contributed by atoms with Crippen LogP contribution in [0.1, 0.15) is 47.8 Å². The molecule has 0 N–H and O–H groups in total. The fourth-order valence-corrected chi connectivity index (χ4v) is 4.96. The average Bonchev–Trinajstić information content (AvgIpc) is 3.38. The zero-order valence-electron chi connectivity index (χ0n) is 19.0. The average molecular weight is 680 g/mol. The number of hydrogen-bond donors (Lipinski definition) is 0. The molecule has 1 aliphatic rings. The fourth-order valence-electron chi connectivity index (χ4n) is 4.24. The summed E-state index contributed by atoms with van der Waals surface area (Å²) in [7, 11) is 0. The lowest BCUT2D eigenvalue weighted by atomic mass is 9.78. The molecule has 0 amide bonds. The first-order valence-electron chi connectivity index (χ1n) is 11.0. The molecule has 4 nitrogen and oxygen atoms in total. The number of ether oxygens (including phenoxy) is 3. The Hall–Kier alpha value is -1.59. The number of hydrogen-bond acceptors (Lipinski definition) is 4. The Morgan fingerprint density at radius 3 is 2.06 bits per heavy atom. The first kappa shape index (κ1) is 25.5. The maximum absolute atomic E-state index is 12.1. The van der Waals surface area contributed by atoms with Crippen LogP contribution >= 0.6 is 45.2 Å². The van der Waals surface area contributed by atoms with Crippen molar-refractivity contribution in [3.8, 4) is 0 Å². The smallest absolute Gasteiger partial charge is 0.151 e. The van der Waals surface area contributed by atoms with E-state index in [0.29, 0.717) is 6.61 Å². The van der Waals surface area contributed by atoms with Crippen LogP contribution in [0.4, 0.5) is 0 Å². The van der Waals surface area contributed by atoms with Crippen molar-refractivity contribution < 1.29 is 19.0 Å². The molecule has 6 heteroatoms.